The monoisotopic (exact) mass is 238 g/mol. The van der Waals surface area contributed by atoms with Gasteiger partial charge in [-0.15, -0.1) is 0 Å². The molecular formula is C11H14N2O2S. The van der Waals surface area contributed by atoms with Crippen LogP contribution in [0.4, 0.5) is 11.4 Å². The number of nitrogens with zero attached hydrogens (tertiary/aromatic N) is 1. The Balaban J connectivity index is 2.42. The third-order valence-corrected chi connectivity index (χ3v) is 3.13. The Hall–Kier alpha value is -1.36. The Morgan fingerprint density at radius 3 is 2.62 bits per heavy atom. The second kappa shape index (κ2) is 3.31. The summed E-state index contributed by atoms with van der Waals surface area (Å²) in [5, 5.41) is 0. The zero-order chi connectivity index (χ0) is 12.0. The van der Waals surface area contributed by atoms with E-state index in [1.165, 1.54) is 0 Å². The van der Waals surface area contributed by atoms with E-state index in [0.717, 1.165) is 17.5 Å². The highest BCUT2D eigenvalue weighted by molar-refractivity contribution is 7.92. The maximum Gasteiger partial charge on any atom is 0.229 e. The van der Waals surface area contributed by atoms with Crippen molar-refractivity contribution in [3.63, 3.8) is 0 Å². The second-order valence-electron chi connectivity index (χ2n) is 4.59. The van der Waals surface area contributed by atoms with Gasteiger partial charge in [0.2, 0.25) is 10.0 Å². The predicted octanol–water partition coefficient (Wildman–Crippen LogP) is 2.05. The molecule has 0 aromatic heterocycles. The van der Waals surface area contributed by atoms with Gasteiger partial charge in [0, 0.05) is 17.3 Å². The molecule has 16 heavy (non-hydrogen) atoms. The number of hydrogen-bond acceptors (Lipinski definition) is 3. The molecule has 4 nitrogen and oxygen atoms in total. The number of fused-ring (bicyclic) bond motifs is 1. The molecule has 0 aliphatic carbocycles. The number of nitrogens with one attached hydrogen (secondary N) is 1. The fraction of sp³-hybridized carbons (Fsp3) is 0.364. The lowest BCUT2D eigenvalue weighted by atomic mass is 9.87. The van der Waals surface area contributed by atoms with E-state index in [4.69, 9.17) is 0 Å². The van der Waals surface area contributed by atoms with Crippen LogP contribution in [0.15, 0.2) is 23.2 Å². The lowest BCUT2D eigenvalue weighted by Crippen LogP contribution is -2.16. The molecule has 1 aromatic rings. The summed E-state index contributed by atoms with van der Waals surface area (Å²) < 4.78 is 24.7. The molecule has 1 aliphatic heterocycles. The van der Waals surface area contributed by atoms with Crippen LogP contribution in [0.2, 0.25) is 0 Å². The summed E-state index contributed by atoms with van der Waals surface area (Å²) in [6.07, 6.45) is 3.02. The Morgan fingerprint density at radius 2 is 2.00 bits per heavy atom. The molecule has 0 saturated carbocycles. The molecule has 86 valence electrons. The topological polar surface area (TPSA) is 58.5 Å². The third kappa shape index (κ3) is 2.09. The molecule has 0 saturated heterocycles. The molecule has 1 N–H and O–H groups in total. The van der Waals surface area contributed by atoms with Crippen molar-refractivity contribution >= 4 is 27.6 Å². The number of sulfonamides is 1. The highest BCUT2D eigenvalue weighted by Gasteiger charge is 2.26. The van der Waals surface area contributed by atoms with Gasteiger partial charge in [-0.25, -0.2) is 8.42 Å². The van der Waals surface area contributed by atoms with Crippen LogP contribution in [-0.4, -0.2) is 20.9 Å². The SMILES string of the molecule is CC1(C)C=Nc2ccc(NS(C)(=O)=O)cc21. The molecule has 2 rings (SSSR count). The molecule has 0 spiro atoms. The van der Waals surface area contributed by atoms with Gasteiger partial charge in [0.15, 0.2) is 0 Å². The van der Waals surface area contributed by atoms with E-state index in [1.54, 1.807) is 6.07 Å². The first-order chi connectivity index (χ1) is 7.28. The number of hydrogen-bond donors (Lipinski definition) is 1. The summed E-state index contributed by atoms with van der Waals surface area (Å²) in [5.41, 5.74) is 2.40. The molecule has 0 fully saturated rings. The summed E-state index contributed by atoms with van der Waals surface area (Å²) in [6, 6.07) is 5.39. The predicted molar refractivity (Wildman–Crippen MR) is 66.1 cm³/mol. The molecule has 1 aromatic carbocycles. The first-order valence-electron chi connectivity index (χ1n) is 4.95. The number of rotatable bonds is 2. The van der Waals surface area contributed by atoms with Crippen molar-refractivity contribution in [1.29, 1.82) is 0 Å². The Morgan fingerprint density at radius 1 is 1.31 bits per heavy atom. The van der Waals surface area contributed by atoms with Gasteiger partial charge in [0.25, 0.3) is 0 Å². The quantitative estimate of drug-likeness (QED) is 0.857. The summed E-state index contributed by atoms with van der Waals surface area (Å²) >= 11 is 0. The smallest absolute Gasteiger partial charge is 0.229 e. The largest absolute Gasteiger partial charge is 0.284 e. The molecule has 1 aliphatic rings. The summed E-state index contributed by atoms with van der Waals surface area (Å²) in [5.74, 6) is 0. The third-order valence-electron chi connectivity index (χ3n) is 2.52. The van der Waals surface area contributed by atoms with E-state index >= 15 is 0 Å². The van der Waals surface area contributed by atoms with Crippen LogP contribution < -0.4 is 4.72 Å². The molecular weight excluding hydrogens is 224 g/mol. The van der Waals surface area contributed by atoms with Crippen LogP contribution in [0, 0.1) is 0 Å². The fourth-order valence-corrected chi connectivity index (χ4v) is 2.30. The highest BCUT2D eigenvalue weighted by Crippen LogP contribution is 2.37. The van der Waals surface area contributed by atoms with Gasteiger partial charge in [-0.1, -0.05) is 13.8 Å². The van der Waals surface area contributed by atoms with E-state index in [-0.39, 0.29) is 5.41 Å². The summed E-state index contributed by atoms with van der Waals surface area (Å²) in [6.45, 7) is 4.10. The van der Waals surface area contributed by atoms with Gasteiger partial charge in [0.05, 0.1) is 11.9 Å². The van der Waals surface area contributed by atoms with Crippen LogP contribution in [0.25, 0.3) is 0 Å². The van der Waals surface area contributed by atoms with Crippen molar-refractivity contribution in [3.05, 3.63) is 23.8 Å². The first kappa shape index (κ1) is 11.1. The van der Waals surface area contributed by atoms with Gasteiger partial charge < -0.3 is 0 Å². The Kier molecular flexibility index (Phi) is 2.31. The van der Waals surface area contributed by atoms with Crippen LogP contribution in [-0.2, 0) is 15.4 Å². The van der Waals surface area contributed by atoms with Crippen molar-refractivity contribution in [2.24, 2.45) is 4.99 Å². The normalized spacial score (nSPS) is 17.2. The number of aliphatic imine (C=N–C) groups is 1. The lowest BCUT2D eigenvalue weighted by molar-refractivity contribution is 0.607. The first-order valence-corrected chi connectivity index (χ1v) is 6.85. The van der Waals surface area contributed by atoms with E-state index in [0.29, 0.717) is 5.69 Å². The molecule has 0 unspecified atom stereocenters. The highest BCUT2D eigenvalue weighted by atomic mass is 32.2. The van der Waals surface area contributed by atoms with Crippen LogP contribution in [0.3, 0.4) is 0 Å². The van der Waals surface area contributed by atoms with Crippen LogP contribution in [0.5, 0.6) is 0 Å². The molecule has 1 heterocycles. The molecule has 0 atom stereocenters. The van der Waals surface area contributed by atoms with E-state index in [2.05, 4.69) is 9.71 Å². The van der Waals surface area contributed by atoms with Crippen molar-refractivity contribution in [1.82, 2.24) is 0 Å². The maximum absolute atomic E-state index is 11.1. The average molecular weight is 238 g/mol. The van der Waals surface area contributed by atoms with Gasteiger partial charge in [-0.05, 0) is 23.8 Å². The summed E-state index contributed by atoms with van der Waals surface area (Å²) in [4.78, 5) is 4.29. The summed E-state index contributed by atoms with van der Waals surface area (Å²) in [7, 11) is -3.22. The van der Waals surface area contributed by atoms with Gasteiger partial charge in [-0.3, -0.25) is 9.71 Å². The van der Waals surface area contributed by atoms with Crippen molar-refractivity contribution in [2.45, 2.75) is 19.3 Å². The van der Waals surface area contributed by atoms with Crippen molar-refractivity contribution in [2.75, 3.05) is 11.0 Å². The zero-order valence-electron chi connectivity index (χ0n) is 9.48. The van der Waals surface area contributed by atoms with Gasteiger partial charge in [0.1, 0.15) is 0 Å². The minimum Gasteiger partial charge on any atom is -0.284 e. The maximum atomic E-state index is 11.1. The molecule has 5 heteroatoms. The standard InChI is InChI=1S/C11H14N2O2S/c1-11(2)7-12-10-5-4-8(6-9(10)11)13-16(3,14)15/h4-7,13H,1-3H3. The average Bonchev–Trinajstić information content (AvgIpc) is 2.40. The Bertz CT molecular complexity index is 559. The second-order valence-corrected chi connectivity index (χ2v) is 6.33. The molecule has 0 bridgehead atoms. The Labute approximate surface area is 95.5 Å². The zero-order valence-corrected chi connectivity index (χ0v) is 10.3. The number of anilines is 1. The molecule has 0 amide bonds. The van der Waals surface area contributed by atoms with E-state index in [1.807, 2.05) is 32.2 Å². The van der Waals surface area contributed by atoms with E-state index in [9.17, 15) is 8.42 Å². The van der Waals surface area contributed by atoms with E-state index < -0.39 is 10.0 Å². The minimum atomic E-state index is -3.22. The molecule has 0 radical (unpaired) electrons. The number of benzene rings is 1. The van der Waals surface area contributed by atoms with Crippen LogP contribution >= 0.6 is 0 Å². The van der Waals surface area contributed by atoms with Crippen molar-refractivity contribution < 1.29 is 8.42 Å². The fourth-order valence-electron chi connectivity index (χ4n) is 1.74. The lowest BCUT2D eigenvalue weighted by Gasteiger charge is -2.16. The van der Waals surface area contributed by atoms with Gasteiger partial charge in [-0.2, -0.15) is 0 Å². The minimum absolute atomic E-state index is 0.134. The van der Waals surface area contributed by atoms with Crippen molar-refractivity contribution in [3.8, 4) is 0 Å². The van der Waals surface area contributed by atoms with Crippen LogP contribution in [0.1, 0.15) is 19.4 Å². The van der Waals surface area contributed by atoms with Gasteiger partial charge >= 0.3 is 0 Å².